The molecular formula is C16H17OP. The predicted molar refractivity (Wildman–Crippen MR) is 78.6 cm³/mol. The van der Waals surface area contributed by atoms with E-state index in [0.717, 1.165) is 10.9 Å². The highest BCUT2D eigenvalue weighted by Crippen LogP contribution is 2.49. The van der Waals surface area contributed by atoms with Crippen LogP contribution >= 0.6 is 7.14 Å². The molecule has 2 aromatic rings. The summed E-state index contributed by atoms with van der Waals surface area (Å²) in [7, 11) is -2.47. The van der Waals surface area contributed by atoms with Crippen LogP contribution in [0.4, 0.5) is 0 Å². The second-order valence-corrected chi connectivity index (χ2v) is 6.98. The van der Waals surface area contributed by atoms with E-state index in [1.165, 1.54) is 0 Å². The molecule has 1 unspecified atom stereocenters. The third-order valence-corrected chi connectivity index (χ3v) is 5.63. The Morgan fingerprint density at radius 2 is 1.50 bits per heavy atom. The number of hydrogen-bond donors (Lipinski definition) is 0. The minimum absolute atomic E-state index is 0.586. The molecule has 2 aromatic carbocycles. The minimum Gasteiger partial charge on any atom is -0.314 e. The predicted octanol–water partition coefficient (Wildman–Crippen LogP) is 4.41. The van der Waals surface area contributed by atoms with Gasteiger partial charge in [0, 0.05) is 11.5 Å². The van der Waals surface area contributed by atoms with Crippen molar-refractivity contribution in [2.75, 3.05) is 0 Å². The maximum Gasteiger partial charge on any atom is 0.140 e. The first kappa shape index (κ1) is 12.9. The lowest BCUT2D eigenvalue weighted by Crippen LogP contribution is -2.04. The highest BCUT2D eigenvalue weighted by molar-refractivity contribution is 7.73. The second kappa shape index (κ2) is 5.84. The van der Waals surface area contributed by atoms with Gasteiger partial charge in [-0.05, 0) is 18.3 Å². The van der Waals surface area contributed by atoms with Crippen molar-refractivity contribution in [2.24, 2.45) is 0 Å². The molecule has 0 aliphatic carbocycles. The Balaban J connectivity index is 2.37. The lowest BCUT2D eigenvalue weighted by molar-refractivity contribution is 0.586. The van der Waals surface area contributed by atoms with Crippen LogP contribution in [0.2, 0.25) is 0 Å². The Hall–Kier alpha value is -1.59. The molecule has 0 radical (unpaired) electrons. The summed E-state index contributed by atoms with van der Waals surface area (Å²) in [4.78, 5) is 0. The van der Waals surface area contributed by atoms with E-state index in [0.29, 0.717) is 6.16 Å². The van der Waals surface area contributed by atoms with Crippen molar-refractivity contribution in [3.05, 3.63) is 78.1 Å². The van der Waals surface area contributed by atoms with Crippen LogP contribution in [0.15, 0.2) is 72.6 Å². The van der Waals surface area contributed by atoms with Gasteiger partial charge in [0.15, 0.2) is 0 Å². The number of benzene rings is 2. The average molecular weight is 256 g/mol. The van der Waals surface area contributed by atoms with Gasteiger partial charge in [0.1, 0.15) is 7.14 Å². The van der Waals surface area contributed by atoms with Gasteiger partial charge >= 0.3 is 0 Å². The zero-order chi connectivity index (χ0) is 12.8. The van der Waals surface area contributed by atoms with Gasteiger partial charge in [0.25, 0.3) is 0 Å². The Labute approximate surface area is 109 Å². The SMILES string of the molecule is C/C=C/P(=O)(Cc1ccccc1)c1ccccc1. The van der Waals surface area contributed by atoms with E-state index in [9.17, 15) is 4.57 Å². The van der Waals surface area contributed by atoms with Crippen LogP contribution in [0.25, 0.3) is 0 Å². The fourth-order valence-electron chi connectivity index (χ4n) is 2.01. The lowest BCUT2D eigenvalue weighted by atomic mass is 10.2. The normalized spacial score (nSPS) is 14.5. The summed E-state index contributed by atoms with van der Waals surface area (Å²) in [6, 6.07) is 19.7. The number of hydrogen-bond acceptors (Lipinski definition) is 1. The third kappa shape index (κ3) is 3.00. The van der Waals surface area contributed by atoms with Crippen molar-refractivity contribution in [1.29, 1.82) is 0 Å². The minimum atomic E-state index is -2.47. The van der Waals surface area contributed by atoms with Crippen molar-refractivity contribution in [3.8, 4) is 0 Å². The monoisotopic (exact) mass is 256 g/mol. The molecule has 2 rings (SSSR count). The lowest BCUT2D eigenvalue weighted by Gasteiger charge is -2.14. The van der Waals surface area contributed by atoms with Crippen LogP contribution in [0.5, 0.6) is 0 Å². The molecule has 2 heteroatoms. The van der Waals surface area contributed by atoms with Crippen molar-refractivity contribution in [1.82, 2.24) is 0 Å². The first-order valence-electron chi connectivity index (χ1n) is 6.07. The van der Waals surface area contributed by atoms with Crippen LogP contribution in [0.1, 0.15) is 12.5 Å². The quantitative estimate of drug-likeness (QED) is 0.740. The second-order valence-electron chi connectivity index (χ2n) is 4.26. The Bertz CT molecular complexity index is 558. The standard InChI is InChI=1S/C16H17OP/c1-2-13-18(17,16-11-7-4-8-12-16)14-15-9-5-3-6-10-15/h2-13H,14H2,1H3/b13-2+. The molecule has 1 nitrogen and oxygen atoms in total. The molecular weight excluding hydrogens is 239 g/mol. The molecule has 0 fully saturated rings. The molecule has 0 bridgehead atoms. The molecule has 0 aliphatic rings. The molecule has 0 aromatic heterocycles. The van der Waals surface area contributed by atoms with Gasteiger partial charge in [-0.15, -0.1) is 0 Å². The van der Waals surface area contributed by atoms with Crippen LogP contribution < -0.4 is 5.30 Å². The molecule has 18 heavy (non-hydrogen) atoms. The van der Waals surface area contributed by atoms with Crippen LogP contribution in [0.3, 0.4) is 0 Å². The topological polar surface area (TPSA) is 17.1 Å². The van der Waals surface area contributed by atoms with Gasteiger partial charge in [-0.3, -0.25) is 0 Å². The number of allylic oxidation sites excluding steroid dienone is 1. The Morgan fingerprint density at radius 1 is 0.944 bits per heavy atom. The van der Waals surface area contributed by atoms with Gasteiger partial charge < -0.3 is 4.57 Å². The summed E-state index contributed by atoms with van der Waals surface area (Å²) >= 11 is 0. The van der Waals surface area contributed by atoms with E-state index in [4.69, 9.17) is 0 Å². The van der Waals surface area contributed by atoms with Crippen LogP contribution in [-0.2, 0) is 10.7 Å². The zero-order valence-electron chi connectivity index (χ0n) is 10.5. The summed E-state index contributed by atoms with van der Waals surface area (Å²) in [5.74, 6) is 1.86. The molecule has 0 aliphatic heterocycles. The van der Waals surface area contributed by atoms with Gasteiger partial charge in [-0.2, -0.15) is 0 Å². The van der Waals surface area contributed by atoms with E-state index in [-0.39, 0.29) is 0 Å². The van der Waals surface area contributed by atoms with Crippen molar-refractivity contribution in [2.45, 2.75) is 13.1 Å². The first-order valence-corrected chi connectivity index (χ1v) is 8.03. The molecule has 0 saturated carbocycles. The molecule has 0 heterocycles. The highest BCUT2D eigenvalue weighted by Gasteiger charge is 2.21. The fraction of sp³-hybridized carbons (Fsp3) is 0.125. The first-order chi connectivity index (χ1) is 8.74. The maximum absolute atomic E-state index is 13.1. The van der Waals surface area contributed by atoms with E-state index in [1.54, 1.807) is 0 Å². The average Bonchev–Trinajstić information content (AvgIpc) is 2.41. The van der Waals surface area contributed by atoms with Gasteiger partial charge in [0.05, 0.1) is 0 Å². The van der Waals surface area contributed by atoms with Crippen molar-refractivity contribution < 1.29 is 4.57 Å². The van der Waals surface area contributed by atoms with Gasteiger partial charge in [-0.25, -0.2) is 0 Å². The molecule has 0 spiro atoms. The summed E-state index contributed by atoms with van der Waals surface area (Å²) in [5, 5.41) is 0.923. The van der Waals surface area contributed by atoms with Crippen molar-refractivity contribution in [3.63, 3.8) is 0 Å². The smallest absolute Gasteiger partial charge is 0.140 e. The fourth-order valence-corrected chi connectivity index (χ4v) is 4.38. The largest absolute Gasteiger partial charge is 0.314 e. The molecule has 0 saturated heterocycles. The molecule has 92 valence electrons. The van der Waals surface area contributed by atoms with Gasteiger partial charge in [0.2, 0.25) is 0 Å². The van der Waals surface area contributed by atoms with E-state index in [1.807, 2.05) is 79.5 Å². The maximum atomic E-state index is 13.1. The molecule has 0 amide bonds. The Morgan fingerprint density at radius 3 is 2.06 bits per heavy atom. The summed E-state index contributed by atoms with van der Waals surface area (Å²) in [5.41, 5.74) is 1.11. The number of rotatable bonds is 4. The van der Waals surface area contributed by atoms with Crippen molar-refractivity contribution >= 4 is 12.4 Å². The summed E-state index contributed by atoms with van der Waals surface area (Å²) < 4.78 is 13.1. The zero-order valence-corrected chi connectivity index (χ0v) is 11.4. The van der Waals surface area contributed by atoms with E-state index in [2.05, 4.69) is 0 Å². The Kier molecular flexibility index (Phi) is 4.17. The summed E-state index contributed by atoms with van der Waals surface area (Å²) in [6.07, 6.45) is 2.47. The molecule has 1 atom stereocenters. The van der Waals surface area contributed by atoms with Crippen LogP contribution in [-0.4, -0.2) is 0 Å². The molecule has 0 N–H and O–H groups in total. The van der Waals surface area contributed by atoms with E-state index >= 15 is 0 Å². The van der Waals surface area contributed by atoms with Crippen LogP contribution in [0, 0.1) is 0 Å². The van der Waals surface area contributed by atoms with Gasteiger partial charge in [-0.1, -0.05) is 66.7 Å². The van der Waals surface area contributed by atoms with E-state index < -0.39 is 7.14 Å². The highest BCUT2D eigenvalue weighted by atomic mass is 31.2. The third-order valence-electron chi connectivity index (χ3n) is 2.84. The summed E-state index contributed by atoms with van der Waals surface area (Å²) in [6.45, 7) is 1.92.